The van der Waals surface area contributed by atoms with E-state index in [2.05, 4.69) is 5.32 Å². The summed E-state index contributed by atoms with van der Waals surface area (Å²) in [4.78, 5) is 38.1. The van der Waals surface area contributed by atoms with Crippen LogP contribution in [-0.2, 0) is 19.1 Å². The van der Waals surface area contributed by atoms with E-state index in [4.69, 9.17) is 4.74 Å². The van der Waals surface area contributed by atoms with Crippen molar-refractivity contribution < 1.29 is 19.1 Å². The van der Waals surface area contributed by atoms with Crippen LogP contribution in [0, 0.1) is 5.92 Å². The van der Waals surface area contributed by atoms with Crippen LogP contribution in [0.5, 0.6) is 0 Å². The van der Waals surface area contributed by atoms with Gasteiger partial charge in [0.05, 0.1) is 4.87 Å². The van der Waals surface area contributed by atoms with Crippen LogP contribution in [-0.4, -0.2) is 52.0 Å². The number of thioether (sulfide) groups is 1. The van der Waals surface area contributed by atoms with Gasteiger partial charge in [0.2, 0.25) is 12.3 Å². The topological polar surface area (TPSA) is 75.7 Å². The Morgan fingerprint density at radius 2 is 1.96 bits per heavy atom. The van der Waals surface area contributed by atoms with Gasteiger partial charge in [0.15, 0.2) is 0 Å². The maximum Gasteiger partial charge on any atom is 0.329 e. The average molecular weight is 385 g/mol. The first-order valence-corrected chi connectivity index (χ1v) is 10.7. The van der Waals surface area contributed by atoms with Gasteiger partial charge in [-0.25, -0.2) is 4.79 Å². The SMILES string of the molecule is CC[C@H](C)[C@H](NC(=O)[C@@H]1CSC(C)(C)N1C=O)C(=O)OC1CCCCC1. The summed E-state index contributed by atoms with van der Waals surface area (Å²) in [6.45, 7) is 7.77. The third-order valence-electron chi connectivity index (χ3n) is 5.57. The molecule has 1 aliphatic heterocycles. The fourth-order valence-corrected chi connectivity index (χ4v) is 4.75. The van der Waals surface area contributed by atoms with E-state index in [9.17, 15) is 14.4 Å². The molecule has 0 bridgehead atoms. The minimum absolute atomic E-state index is 0.0261. The molecule has 0 aromatic heterocycles. The van der Waals surface area contributed by atoms with E-state index in [1.807, 2.05) is 27.7 Å². The molecule has 2 rings (SSSR count). The lowest BCUT2D eigenvalue weighted by Crippen LogP contribution is -2.55. The van der Waals surface area contributed by atoms with Crippen molar-refractivity contribution in [2.75, 3.05) is 5.75 Å². The summed E-state index contributed by atoms with van der Waals surface area (Å²) in [5.74, 6) is -0.118. The molecular formula is C19H32N2O4S. The Balaban J connectivity index is 2.03. The number of carbonyl (C=O) groups excluding carboxylic acids is 3. The highest BCUT2D eigenvalue weighted by atomic mass is 32.2. The molecule has 2 amide bonds. The first-order valence-electron chi connectivity index (χ1n) is 9.68. The maximum atomic E-state index is 12.8. The Kier molecular flexibility index (Phi) is 7.38. The Morgan fingerprint density at radius 3 is 2.54 bits per heavy atom. The summed E-state index contributed by atoms with van der Waals surface area (Å²) in [7, 11) is 0. The Bertz CT molecular complexity index is 520. The molecule has 7 heteroatoms. The van der Waals surface area contributed by atoms with Gasteiger partial charge in [-0.15, -0.1) is 11.8 Å². The first kappa shape index (κ1) is 21.1. The summed E-state index contributed by atoms with van der Waals surface area (Å²) >= 11 is 1.56. The Morgan fingerprint density at radius 1 is 1.31 bits per heavy atom. The summed E-state index contributed by atoms with van der Waals surface area (Å²) in [6, 6.07) is -1.22. The molecule has 1 saturated heterocycles. The number of esters is 1. The highest BCUT2D eigenvalue weighted by Gasteiger charge is 2.44. The summed E-state index contributed by atoms with van der Waals surface area (Å²) in [5.41, 5.74) is 0. The van der Waals surface area contributed by atoms with E-state index in [1.165, 1.54) is 11.3 Å². The van der Waals surface area contributed by atoms with Crippen molar-refractivity contribution in [2.24, 2.45) is 5.92 Å². The van der Waals surface area contributed by atoms with Gasteiger partial charge in [-0.05, 0) is 45.4 Å². The number of amides is 2. The van der Waals surface area contributed by atoms with E-state index in [0.717, 1.165) is 38.5 Å². The van der Waals surface area contributed by atoms with Crippen LogP contribution in [0.3, 0.4) is 0 Å². The van der Waals surface area contributed by atoms with Crippen LogP contribution in [0.2, 0.25) is 0 Å². The van der Waals surface area contributed by atoms with E-state index in [0.29, 0.717) is 5.75 Å². The van der Waals surface area contributed by atoms with Crippen molar-refractivity contribution in [3.63, 3.8) is 0 Å². The largest absolute Gasteiger partial charge is 0.461 e. The maximum absolute atomic E-state index is 12.8. The van der Waals surface area contributed by atoms with E-state index in [1.54, 1.807) is 11.8 Å². The van der Waals surface area contributed by atoms with Crippen LogP contribution in [0.4, 0.5) is 0 Å². The highest BCUT2D eigenvalue weighted by molar-refractivity contribution is 8.00. The van der Waals surface area contributed by atoms with Gasteiger partial charge >= 0.3 is 5.97 Å². The second kappa shape index (κ2) is 9.11. The van der Waals surface area contributed by atoms with Gasteiger partial charge < -0.3 is 15.0 Å². The van der Waals surface area contributed by atoms with Gasteiger partial charge in [0.1, 0.15) is 18.2 Å². The molecule has 0 radical (unpaired) electrons. The summed E-state index contributed by atoms with van der Waals surface area (Å²) in [6.07, 6.45) is 6.61. The van der Waals surface area contributed by atoms with E-state index in [-0.39, 0.29) is 23.9 Å². The average Bonchev–Trinajstić information content (AvgIpc) is 2.93. The van der Waals surface area contributed by atoms with Crippen LogP contribution in [0.15, 0.2) is 0 Å². The second-order valence-electron chi connectivity index (χ2n) is 7.85. The van der Waals surface area contributed by atoms with Crippen LogP contribution >= 0.6 is 11.8 Å². The molecular weight excluding hydrogens is 352 g/mol. The minimum atomic E-state index is -0.670. The number of hydrogen-bond acceptors (Lipinski definition) is 5. The molecule has 6 nitrogen and oxygen atoms in total. The predicted molar refractivity (Wildman–Crippen MR) is 103 cm³/mol. The van der Waals surface area contributed by atoms with Crippen molar-refractivity contribution in [3.8, 4) is 0 Å². The van der Waals surface area contributed by atoms with Crippen molar-refractivity contribution in [2.45, 2.75) is 89.3 Å². The lowest BCUT2D eigenvalue weighted by Gasteiger charge is -2.32. The molecule has 1 N–H and O–H groups in total. The van der Waals surface area contributed by atoms with Crippen molar-refractivity contribution in [3.05, 3.63) is 0 Å². The normalized spacial score (nSPS) is 25.4. The molecule has 1 heterocycles. The van der Waals surface area contributed by atoms with Gasteiger partial charge in [-0.1, -0.05) is 26.7 Å². The van der Waals surface area contributed by atoms with Crippen LogP contribution in [0.1, 0.15) is 66.2 Å². The van der Waals surface area contributed by atoms with E-state index < -0.39 is 17.0 Å². The van der Waals surface area contributed by atoms with Crippen molar-refractivity contribution >= 4 is 30.0 Å². The molecule has 0 aromatic carbocycles. The van der Waals surface area contributed by atoms with Gasteiger partial charge in [0.25, 0.3) is 0 Å². The minimum Gasteiger partial charge on any atom is -0.461 e. The predicted octanol–water partition coefficient (Wildman–Crippen LogP) is 2.70. The fourth-order valence-electron chi connectivity index (χ4n) is 3.55. The number of rotatable bonds is 7. The molecule has 1 saturated carbocycles. The highest BCUT2D eigenvalue weighted by Crippen LogP contribution is 2.37. The molecule has 148 valence electrons. The zero-order valence-corrected chi connectivity index (χ0v) is 17.1. The first-order chi connectivity index (χ1) is 12.3. The zero-order chi connectivity index (χ0) is 19.3. The molecule has 1 aliphatic carbocycles. The number of nitrogens with one attached hydrogen (secondary N) is 1. The molecule has 2 fully saturated rings. The number of nitrogens with zero attached hydrogens (tertiary/aromatic N) is 1. The van der Waals surface area contributed by atoms with Gasteiger partial charge in [0, 0.05) is 5.75 Å². The van der Waals surface area contributed by atoms with Crippen molar-refractivity contribution in [1.82, 2.24) is 10.2 Å². The third kappa shape index (κ3) is 4.93. The standard InChI is InChI=1S/C19H32N2O4S/c1-5-13(2)16(18(24)25-14-9-7-6-8-10-14)20-17(23)15-11-26-19(3,4)21(15)12-22/h12-16H,5-11H2,1-4H3,(H,20,23)/t13-,15-,16-/m0/s1. The fraction of sp³-hybridized carbons (Fsp3) is 0.842. The lowest BCUT2D eigenvalue weighted by atomic mass is 9.96. The van der Waals surface area contributed by atoms with Crippen LogP contribution in [0.25, 0.3) is 0 Å². The second-order valence-corrected chi connectivity index (χ2v) is 9.48. The smallest absolute Gasteiger partial charge is 0.329 e. The molecule has 26 heavy (non-hydrogen) atoms. The number of ether oxygens (including phenoxy) is 1. The lowest BCUT2D eigenvalue weighted by molar-refractivity contribution is -0.156. The summed E-state index contributed by atoms with van der Waals surface area (Å²) in [5, 5.41) is 2.87. The molecule has 3 atom stereocenters. The Hall–Kier alpha value is -1.24. The van der Waals surface area contributed by atoms with Crippen molar-refractivity contribution in [1.29, 1.82) is 0 Å². The van der Waals surface area contributed by atoms with Crippen LogP contribution < -0.4 is 5.32 Å². The summed E-state index contributed by atoms with van der Waals surface area (Å²) < 4.78 is 5.69. The van der Waals surface area contributed by atoms with E-state index >= 15 is 0 Å². The quantitative estimate of drug-likeness (QED) is 0.539. The number of carbonyl (C=O) groups is 3. The molecule has 0 unspecified atom stereocenters. The van der Waals surface area contributed by atoms with Gasteiger partial charge in [-0.2, -0.15) is 0 Å². The molecule has 0 spiro atoms. The molecule has 2 aliphatic rings. The Labute approximate surface area is 160 Å². The monoisotopic (exact) mass is 384 g/mol. The van der Waals surface area contributed by atoms with Gasteiger partial charge in [-0.3, -0.25) is 9.59 Å². The third-order valence-corrected chi connectivity index (χ3v) is 6.97. The zero-order valence-electron chi connectivity index (χ0n) is 16.3. The molecule has 0 aromatic rings. The number of hydrogen-bond donors (Lipinski definition) is 1.